The molecule has 2 heterocycles. The minimum atomic E-state index is -1.22. The molecular formula is C22H28N4OS2. The van der Waals surface area contributed by atoms with Crippen LogP contribution in [0.2, 0.25) is 0 Å². The number of nitriles is 1. The van der Waals surface area contributed by atoms with Crippen molar-refractivity contribution < 1.29 is 4.21 Å². The van der Waals surface area contributed by atoms with Gasteiger partial charge < -0.3 is 5.32 Å². The average Bonchev–Trinajstić information content (AvgIpc) is 3.19. The molecule has 0 saturated carbocycles. The Hall–Kier alpha value is -2.01. The van der Waals surface area contributed by atoms with Crippen molar-refractivity contribution in [3.8, 4) is 17.2 Å². The van der Waals surface area contributed by atoms with Crippen LogP contribution < -0.4 is 10.0 Å². The Morgan fingerprint density at radius 2 is 2.07 bits per heavy atom. The third kappa shape index (κ3) is 5.33. The maximum absolute atomic E-state index is 13.0. The van der Waals surface area contributed by atoms with Gasteiger partial charge in [0.2, 0.25) is 0 Å². The Labute approximate surface area is 179 Å². The number of rotatable bonds is 6. The van der Waals surface area contributed by atoms with Crippen LogP contribution in [0, 0.1) is 11.3 Å². The van der Waals surface area contributed by atoms with Crippen LogP contribution in [0.15, 0.2) is 40.7 Å². The molecule has 1 aromatic heterocycles. The molecule has 0 bridgehead atoms. The van der Waals surface area contributed by atoms with E-state index in [9.17, 15) is 9.47 Å². The molecule has 3 rings (SSSR count). The molecule has 0 amide bonds. The van der Waals surface area contributed by atoms with E-state index in [4.69, 9.17) is 0 Å². The second-order valence-electron chi connectivity index (χ2n) is 8.49. The normalized spacial score (nSPS) is 17.6. The largest absolute Gasteiger partial charge is 0.374 e. The van der Waals surface area contributed by atoms with Gasteiger partial charge in [0.05, 0.1) is 38.7 Å². The van der Waals surface area contributed by atoms with E-state index in [0.29, 0.717) is 12.0 Å². The van der Waals surface area contributed by atoms with Gasteiger partial charge in [-0.05, 0) is 68.8 Å². The van der Waals surface area contributed by atoms with Crippen molar-refractivity contribution in [2.75, 3.05) is 13.1 Å². The van der Waals surface area contributed by atoms with Crippen molar-refractivity contribution in [2.45, 2.75) is 50.8 Å². The number of amidine groups is 1. The minimum absolute atomic E-state index is 0.371. The van der Waals surface area contributed by atoms with Gasteiger partial charge in [0.25, 0.3) is 0 Å². The van der Waals surface area contributed by atoms with Crippen LogP contribution in [0.1, 0.15) is 51.0 Å². The highest BCUT2D eigenvalue weighted by molar-refractivity contribution is 7.84. The summed E-state index contributed by atoms with van der Waals surface area (Å²) >= 11 is 1.64. The summed E-state index contributed by atoms with van der Waals surface area (Å²) in [7, 11) is -1.22. The predicted molar refractivity (Wildman–Crippen MR) is 122 cm³/mol. The van der Waals surface area contributed by atoms with Crippen molar-refractivity contribution >= 4 is 28.2 Å². The fraction of sp³-hybridized carbons (Fsp3) is 0.455. The molecule has 29 heavy (non-hydrogen) atoms. The van der Waals surface area contributed by atoms with Crippen LogP contribution in [0.5, 0.6) is 0 Å². The first-order chi connectivity index (χ1) is 13.7. The number of nitrogens with zero attached hydrogens (tertiary/aromatic N) is 2. The van der Waals surface area contributed by atoms with E-state index in [2.05, 4.69) is 39.5 Å². The maximum Gasteiger partial charge on any atom is 0.0991 e. The summed E-state index contributed by atoms with van der Waals surface area (Å²) in [5.41, 5.74) is 2.21. The molecule has 1 unspecified atom stereocenters. The Morgan fingerprint density at radius 3 is 2.72 bits per heavy atom. The van der Waals surface area contributed by atoms with Crippen molar-refractivity contribution in [1.29, 1.82) is 5.26 Å². The molecular weight excluding hydrogens is 400 g/mol. The topological polar surface area (TPSA) is 77.3 Å². The first-order valence-electron chi connectivity index (χ1n) is 9.78. The van der Waals surface area contributed by atoms with E-state index in [0.717, 1.165) is 41.4 Å². The lowest BCUT2D eigenvalue weighted by Gasteiger charge is -2.34. The first-order valence-corrected chi connectivity index (χ1v) is 11.8. The van der Waals surface area contributed by atoms with Crippen LogP contribution in [0.25, 0.3) is 11.1 Å². The van der Waals surface area contributed by atoms with Crippen molar-refractivity contribution in [1.82, 2.24) is 10.0 Å². The molecule has 0 fully saturated rings. The van der Waals surface area contributed by atoms with E-state index in [1.54, 1.807) is 11.3 Å². The van der Waals surface area contributed by atoms with E-state index in [1.807, 2.05) is 45.0 Å². The Morgan fingerprint density at radius 1 is 1.28 bits per heavy atom. The Balaban J connectivity index is 1.95. The SMILES string of the molecule is CC(C)(C)S(=O)N[C@@](C)(CC1=NCCCN1)c1cc(-c2cccc(C#N)c2)cs1. The highest BCUT2D eigenvalue weighted by atomic mass is 32.2. The van der Waals surface area contributed by atoms with Gasteiger partial charge in [-0.15, -0.1) is 11.3 Å². The predicted octanol–water partition coefficient (Wildman–Crippen LogP) is 4.34. The van der Waals surface area contributed by atoms with Crippen LogP contribution >= 0.6 is 11.3 Å². The molecule has 5 nitrogen and oxygen atoms in total. The molecule has 0 radical (unpaired) electrons. The molecule has 2 aromatic rings. The number of nitrogens with one attached hydrogen (secondary N) is 2. The lowest BCUT2D eigenvalue weighted by atomic mass is 9.94. The van der Waals surface area contributed by atoms with Crippen molar-refractivity contribution in [3.63, 3.8) is 0 Å². The fourth-order valence-corrected chi connectivity index (χ4v) is 5.11. The Bertz CT molecular complexity index is 968. The van der Waals surface area contributed by atoms with Gasteiger partial charge in [-0.3, -0.25) is 4.99 Å². The van der Waals surface area contributed by atoms with Crippen LogP contribution in [-0.4, -0.2) is 27.9 Å². The van der Waals surface area contributed by atoms with Gasteiger partial charge in [0.15, 0.2) is 0 Å². The van der Waals surface area contributed by atoms with E-state index < -0.39 is 16.5 Å². The highest BCUT2D eigenvalue weighted by Gasteiger charge is 2.35. The first kappa shape index (κ1) is 21.7. The third-order valence-corrected chi connectivity index (χ3v) is 7.77. The summed E-state index contributed by atoms with van der Waals surface area (Å²) in [6.07, 6.45) is 1.69. The second-order valence-corrected chi connectivity index (χ2v) is 11.4. The van der Waals surface area contributed by atoms with E-state index >= 15 is 0 Å². The van der Waals surface area contributed by atoms with Gasteiger partial charge in [-0.2, -0.15) is 5.26 Å². The number of hydrogen-bond acceptors (Lipinski definition) is 5. The third-order valence-electron chi connectivity index (χ3n) is 4.83. The Kier molecular flexibility index (Phi) is 6.57. The molecule has 154 valence electrons. The van der Waals surface area contributed by atoms with E-state index in [1.165, 1.54) is 0 Å². The highest BCUT2D eigenvalue weighted by Crippen LogP contribution is 2.36. The molecule has 2 N–H and O–H groups in total. The van der Waals surface area contributed by atoms with Crippen LogP contribution in [0.4, 0.5) is 0 Å². The average molecular weight is 429 g/mol. The van der Waals surface area contributed by atoms with Gasteiger partial charge >= 0.3 is 0 Å². The second kappa shape index (κ2) is 8.78. The standard InChI is InChI=1S/C22H28N4OS2/c1-21(2,3)29(27)26-22(4,13-20-24-9-6-10-25-20)19-12-18(15-28-19)17-8-5-7-16(11-17)14-23/h5,7-8,11-12,15,26H,6,9-10,13H2,1-4H3,(H,24,25)/t22-,29?/m0/s1. The summed E-state index contributed by atoms with van der Waals surface area (Å²) in [4.78, 5) is 5.73. The molecule has 0 spiro atoms. The zero-order valence-electron chi connectivity index (χ0n) is 17.4. The lowest BCUT2D eigenvalue weighted by Crippen LogP contribution is -2.48. The molecule has 7 heteroatoms. The molecule has 1 aliphatic rings. The molecule has 0 saturated heterocycles. The fourth-order valence-electron chi connectivity index (χ4n) is 3.11. The number of hydrogen-bond donors (Lipinski definition) is 2. The van der Waals surface area contributed by atoms with Gasteiger partial charge in [0, 0.05) is 24.4 Å². The number of benzene rings is 1. The van der Waals surface area contributed by atoms with Crippen LogP contribution in [-0.2, 0) is 16.5 Å². The van der Waals surface area contributed by atoms with Crippen molar-refractivity contribution in [3.05, 3.63) is 46.2 Å². The quantitative estimate of drug-likeness (QED) is 0.719. The minimum Gasteiger partial charge on any atom is -0.374 e. The van der Waals surface area contributed by atoms with Gasteiger partial charge in [-0.1, -0.05) is 12.1 Å². The summed E-state index contributed by atoms with van der Waals surface area (Å²) in [6.45, 7) is 9.77. The van der Waals surface area contributed by atoms with Gasteiger partial charge in [-0.25, -0.2) is 8.93 Å². The summed E-state index contributed by atoms with van der Waals surface area (Å²) in [5.74, 6) is 0.957. The molecule has 1 aromatic carbocycles. The van der Waals surface area contributed by atoms with E-state index in [-0.39, 0.29) is 4.75 Å². The van der Waals surface area contributed by atoms with Crippen LogP contribution in [0.3, 0.4) is 0 Å². The molecule has 1 aliphatic heterocycles. The smallest absolute Gasteiger partial charge is 0.0991 e. The zero-order valence-corrected chi connectivity index (χ0v) is 19.0. The molecule has 0 aliphatic carbocycles. The van der Waals surface area contributed by atoms with Crippen molar-refractivity contribution in [2.24, 2.45) is 4.99 Å². The maximum atomic E-state index is 13.0. The summed E-state index contributed by atoms with van der Waals surface area (Å²) in [5, 5.41) is 14.7. The molecule has 2 atom stereocenters. The summed E-state index contributed by atoms with van der Waals surface area (Å²) in [6, 6.07) is 12.0. The van der Waals surface area contributed by atoms with Gasteiger partial charge in [0.1, 0.15) is 0 Å². The monoisotopic (exact) mass is 428 g/mol. The number of aliphatic imine (C=N–C) groups is 1. The number of thiophene rings is 1. The summed E-state index contributed by atoms with van der Waals surface area (Å²) < 4.78 is 16.0. The zero-order chi connectivity index (χ0) is 21.1. The lowest BCUT2D eigenvalue weighted by molar-refractivity contribution is 0.459.